The van der Waals surface area contributed by atoms with Gasteiger partial charge in [-0.3, -0.25) is 4.68 Å². The Morgan fingerprint density at radius 1 is 1.47 bits per heavy atom. The fourth-order valence-electron chi connectivity index (χ4n) is 1.44. The number of aromatic nitrogens is 3. The van der Waals surface area contributed by atoms with E-state index in [0.717, 1.165) is 5.56 Å². The van der Waals surface area contributed by atoms with E-state index >= 15 is 0 Å². The summed E-state index contributed by atoms with van der Waals surface area (Å²) in [5, 5.41) is 4.20. The Labute approximate surface area is 100 Å². The van der Waals surface area contributed by atoms with Gasteiger partial charge in [0.15, 0.2) is 5.75 Å². The van der Waals surface area contributed by atoms with Crippen LogP contribution in [0.15, 0.2) is 30.7 Å². The number of nitrogens with zero attached hydrogens (tertiary/aromatic N) is 3. The number of pyridine rings is 1. The van der Waals surface area contributed by atoms with Crippen LogP contribution in [-0.2, 0) is 6.54 Å². The van der Waals surface area contributed by atoms with Gasteiger partial charge in [0.25, 0.3) is 0 Å². The van der Waals surface area contributed by atoms with Crippen LogP contribution in [0.2, 0.25) is 0 Å². The van der Waals surface area contributed by atoms with Crippen molar-refractivity contribution in [3.05, 3.63) is 36.3 Å². The summed E-state index contributed by atoms with van der Waals surface area (Å²) in [6, 6.07) is 4.05. The minimum absolute atomic E-state index is 0.310. The molecular formula is C12H16N4O. The van der Waals surface area contributed by atoms with Gasteiger partial charge in [-0.1, -0.05) is 6.07 Å². The van der Waals surface area contributed by atoms with E-state index in [4.69, 9.17) is 10.5 Å². The number of hydrogen-bond donors (Lipinski definition) is 1. The Morgan fingerprint density at radius 3 is 2.94 bits per heavy atom. The molecular weight excluding hydrogens is 216 g/mol. The van der Waals surface area contributed by atoms with Crippen LogP contribution in [0.3, 0.4) is 0 Å². The second-order valence-electron chi connectivity index (χ2n) is 4.02. The molecule has 0 atom stereocenters. The zero-order valence-corrected chi connectivity index (χ0v) is 10.00. The van der Waals surface area contributed by atoms with Gasteiger partial charge in [0.2, 0.25) is 5.88 Å². The molecule has 2 N–H and O–H groups in total. The highest BCUT2D eigenvalue weighted by Crippen LogP contribution is 2.22. The van der Waals surface area contributed by atoms with Gasteiger partial charge in [-0.05, 0) is 19.9 Å². The van der Waals surface area contributed by atoms with Gasteiger partial charge in [-0.25, -0.2) is 4.98 Å². The molecule has 2 aromatic rings. The SMILES string of the molecule is CC(C)n1cc(Oc2ncccc2CN)cn1. The average Bonchev–Trinajstić information content (AvgIpc) is 2.78. The lowest BCUT2D eigenvalue weighted by Gasteiger charge is -2.06. The molecule has 5 heteroatoms. The molecule has 0 aliphatic carbocycles. The van der Waals surface area contributed by atoms with Crippen LogP contribution < -0.4 is 10.5 Å². The highest BCUT2D eigenvalue weighted by Gasteiger charge is 2.07. The van der Waals surface area contributed by atoms with Crippen LogP contribution in [0.4, 0.5) is 0 Å². The highest BCUT2D eigenvalue weighted by molar-refractivity contribution is 5.29. The molecule has 5 nitrogen and oxygen atoms in total. The maximum absolute atomic E-state index is 5.66. The van der Waals surface area contributed by atoms with E-state index < -0.39 is 0 Å². The molecule has 2 heterocycles. The first kappa shape index (κ1) is 11.6. The van der Waals surface area contributed by atoms with Gasteiger partial charge >= 0.3 is 0 Å². The standard InChI is InChI=1S/C12H16N4O/c1-9(2)16-8-11(7-15-16)17-12-10(6-13)4-3-5-14-12/h3-5,7-9H,6,13H2,1-2H3. The highest BCUT2D eigenvalue weighted by atomic mass is 16.5. The third kappa shape index (κ3) is 2.62. The smallest absolute Gasteiger partial charge is 0.223 e. The number of hydrogen-bond acceptors (Lipinski definition) is 4. The Balaban J connectivity index is 2.19. The van der Waals surface area contributed by atoms with E-state index in [2.05, 4.69) is 23.9 Å². The van der Waals surface area contributed by atoms with Crippen molar-refractivity contribution in [1.29, 1.82) is 0 Å². The van der Waals surface area contributed by atoms with Gasteiger partial charge in [0, 0.05) is 24.3 Å². The van der Waals surface area contributed by atoms with Crippen LogP contribution in [0.25, 0.3) is 0 Å². The van der Waals surface area contributed by atoms with Gasteiger partial charge in [-0.15, -0.1) is 0 Å². The molecule has 0 fully saturated rings. The van der Waals surface area contributed by atoms with Crippen molar-refractivity contribution < 1.29 is 4.74 Å². The number of ether oxygens (including phenoxy) is 1. The fraction of sp³-hybridized carbons (Fsp3) is 0.333. The molecule has 0 saturated heterocycles. The second-order valence-corrected chi connectivity index (χ2v) is 4.02. The molecule has 0 unspecified atom stereocenters. The number of rotatable bonds is 4. The summed E-state index contributed by atoms with van der Waals surface area (Å²) in [7, 11) is 0. The Hall–Kier alpha value is -1.88. The quantitative estimate of drug-likeness (QED) is 0.876. The van der Waals surface area contributed by atoms with Crippen molar-refractivity contribution in [1.82, 2.24) is 14.8 Å². The predicted octanol–water partition coefficient (Wildman–Crippen LogP) is 2.11. The lowest BCUT2D eigenvalue weighted by molar-refractivity contribution is 0.453. The summed E-state index contributed by atoms with van der Waals surface area (Å²) in [5.74, 6) is 1.21. The van der Waals surface area contributed by atoms with Crippen LogP contribution in [-0.4, -0.2) is 14.8 Å². The van der Waals surface area contributed by atoms with Crippen molar-refractivity contribution in [2.24, 2.45) is 5.73 Å². The lowest BCUT2D eigenvalue weighted by Crippen LogP contribution is -2.01. The molecule has 0 radical (unpaired) electrons. The van der Waals surface area contributed by atoms with E-state index in [0.29, 0.717) is 24.2 Å². The third-order valence-corrected chi connectivity index (χ3v) is 2.39. The summed E-state index contributed by atoms with van der Waals surface area (Å²) in [4.78, 5) is 4.16. The van der Waals surface area contributed by atoms with Gasteiger partial charge in [0.05, 0.1) is 12.4 Å². The summed E-state index contributed by atoms with van der Waals surface area (Å²) in [6.07, 6.45) is 5.20. The van der Waals surface area contributed by atoms with E-state index in [-0.39, 0.29) is 0 Å². The summed E-state index contributed by atoms with van der Waals surface area (Å²) >= 11 is 0. The van der Waals surface area contributed by atoms with E-state index in [1.807, 2.05) is 23.0 Å². The molecule has 90 valence electrons. The first-order valence-electron chi connectivity index (χ1n) is 5.56. The normalized spacial score (nSPS) is 10.8. The van der Waals surface area contributed by atoms with Crippen LogP contribution >= 0.6 is 0 Å². The Morgan fingerprint density at radius 2 is 2.29 bits per heavy atom. The molecule has 0 saturated carbocycles. The summed E-state index contributed by atoms with van der Waals surface area (Å²) < 4.78 is 7.49. The van der Waals surface area contributed by atoms with Crippen molar-refractivity contribution in [3.63, 3.8) is 0 Å². The Bertz CT molecular complexity index is 493. The van der Waals surface area contributed by atoms with E-state index in [1.165, 1.54) is 0 Å². The number of nitrogens with two attached hydrogens (primary N) is 1. The average molecular weight is 232 g/mol. The topological polar surface area (TPSA) is 66.0 Å². The molecule has 0 bridgehead atoms. The first-order valence-corrected chi connectivity index (χ1v) is 5.56. The van der Waals surface area contributed by atoms with Crippen LogP contribution in [0.5, 0.6) is 11.6 Å². The first-order chi connectivity index (χ1) is 8.20. The predicted molar refractivity (Wildman–Crippen MR) is 64.8 cm³/mol. The minimum atomic E-state index is 0.310. The zero-order chi connectivity index (χ0) is 12.3. The monoisotopic (exact) mass is 232 g/mol. The van der Waals surface area contributed by atoms with Crippen molar-refractivity contribution in [2.75, 3.05) is 0 Å². The summed E-state index contributed by atoms with van der Waals surface area (Å²) in [6.45, 7) is 4.52. The third-order valence-electron chi connectivity index (χ3n) is 2.39. The largest absolute Gasteiger partial charge is 0.435 e. The van der Waals surface area contributed by atoms with Crippen molar-refractivity contribution in [2.45, 2.75) is 26.4 Å². The maximum Gasteiger partial charge on any atom is 0.223 e. The molecule has 0 aromatic carbocycles. The lowest BCUT2D eigenvalue weighted by atomic mass is 10.3. The second kappa shape index (κ2) is 4.97. The molecule has 0 spiro atoms. The molecule has 0 aliphatic heterocycles. The fourth-order valence-corrected chi connectivity index (χ4v) is 1.44. The Kier molecular flexibility index (Phi) is 3.39. The summed E-state index contributed by atoms with van der Waals surface area (Å²) in [5.41, 5.74) is 6.50. The minimum Gasteiger partial charge on any atom is -0.435 e. The zero-order valence-electron chi connectivity index (χ0n) is 10.00. The van der Waals surface area contributed by atoms with Crippen molar-refractivity contribution >= 4 is 0 Å². The van der Waals surface area contributed by atoms with Gasteiger partial charge in [-0.2, -0.15) is 5.10 Å². The van der Waals surface area contributed by atoms with Gasteiger partial charge < -0.3 is 10.5 Å². The molecule has 0 aliphatic rings. The van der Waals surface area contributed by atoms with Gasteiger partial charge in [0.1, 0.15) is 0 Å². The van der Waals surface area contributed by atoms with E-state index in [9.17, 15) is 0 Å². The maximum atomic E-state index is 5.66. The van der Waals surface area contributed by atoms with Crippen LogP contribution in [0.1, 0.15) is 25.5 Å². The molecule has 2 rings (SSSR count). The molecule has 2 aromatic heterocycles. The molecule has 0 amide bonds. The van der Waals surface area contributed by atoms with E-state index in [1.54, 1.807) is 12.4 Å². The van der Waals surface area contributed by atoms with Crippen LogP contribution in [0, 0.1) is 0 Å². The molecule has 17 heavy (non-hydrogen) atoms. The van der Waals surface area contributed by atoms with Crippen molar-refractivity contribution in [3.8, 4) is 11.6 Å².